The first-order valence-electron chi connectivity index (χ1n) is 5.09. The Balaban J connectivity index is 2.07. The largest absolute Gasteiger partial charge is 0.338 e. The molecule has 1 aliphatic heterocycles. The van der Waals surface area contributed by atoms with Crippen molar-refractivity contribution in [2.75, 3.05) is 31.1 Å². The molecular formula is C10H15N4. The van der Waals surface area contributed by atoms with Gasteiger partial charge >= 0.3 is 0 Å². The molecule has 1 aromatic heterocycles. The van der Waals surface area contributed by atoms with Crippen LogP contribution < -0.4 is 10.2 Å². The molecule has 1 aromatic rings. The average Bonchev–Trinajstić information content (AvgIpc) is 2.30. The molecule has 1 fully saturated rings. The van der Waals surface area contributed by atoms with E-state index < -0.39 is 0 Å². The Labute approximate surface area is 84.4 Å². The maximum atomic E-state index is 4.35. The zero-order valence-corrected chi connectivity index (χ0v) is 8.48. The topological polar surface area (TPSA) is 43.1 Å². The molecule has 4 nitrogen and oxygen atoms in total. The minimum Gasteiger partial charge on any atom is -0.338 e. The SMILES string of the molecule is CCc1cnc(N2CC[N]CC2)nc1. The second kappa shape index (κ2) is 4.37. The van der Waals surface area contributed by atoms with Crippen LogP contribution in [0.4, 0.5) is 5.95 Å². The quantitative estimate of drug-likeness (QED) is 0.682. The van der Waals surface area contributed by atoms with Crippen molar-refractivity contribution in [1.29, 1.82) is 0 Å². The Morgan fingerprint density at radius 3 is 2.43 bits per heavy atom. The van der Waals surface area contributed by atoms with Crippen molar-refractivity contribution in [3.63, 3.8) is 0 Å². The van der Waals surface area contributed by atoms with E-state index in [1.807, 2.05) is 12.4 Å². The van der Waals surface area contributed by atoms with Gasteiger partial charge in [-0.05, 0) is 12.0 Å². The number of rotatable bonds is 2. The van der Waals surface area contributed by atoms with Crippen LogP contribution >= 0.6 is 0 Å². The van der Waals surface area contributed by atoms with E-state index in [0.29, 0.717) is 0 Å². The molecule has 1 saturated heterocycles. The highest BCUT2D eigenvalue weighted by molar-refractivity contribution is 5.30. The van der Waals surface area contributed by atoms with E-state index >= 15 is 0 Å². The highest BCUT2D eigenvalue weighted by Gasteiger charge is 2.12. The van der Waals surface area contributed by atoms with Gasteiger partial charge in [0, 0.05) is 38.6 Å². The maximum absolute atomic E-state index is 4.35. The number of anilines is 1. The van der Waals surface area contributed by atoms with Crippen LogP contribution in [0.5, 0.6) is 0 Å². The minimum absolute atomic E-state index is 0.845. The standard InChI is InChI=1S/C10H15N4/c1-2-9-7-12-10(13-8-9)14-5-3-11-4-6-14/h7-8H,2-6H2,1H3. The van der Waals surface area contributed by atoms with Crippen LogP contribution in [0.25, 0.3) is 0 Å². The second-order valence-corrected chi connectivity index (χ2v) is 3.40. The molecular weight excluding hydrogens is 176 g/mol. The van der Waals surface area contributed by atoms with Crippen molar-refractivity contribution >= 4 is 5.95 Å². The third-order valence-electron chi connectivity index (χ3n) is 2.44. The summed E-state index contributed by atoms with van der Waals surface area (Å²) in [6.07, 6.45) is 4.82. The molecule has 0 N–H and O–H groups in total. The monoisotopic (exact) mass is 191 g/mol. The summed E-state index contributed by atoms with van der Waals surface area (Å²) in [5.74, 6) is 0.845. The van der Waals surface area contributed by atoms with Gasteiger partial charge in [0.15, 0.2) is 0 Å². The number of nitrogens with zero attached hydrogens (tertiary/aromatic N) is 4. The molecule has 0 bridgehead atoms. The van der Waals surface area contributed by atoms with Crippen LogP contribution in [-0.4, -0.2) is 36.1 Å². The van der Waals surface area contributed by atoms with E-state index in [1.54, 1.807) is 0 Å². The van der Waals surface area contributed by atoms with Gasteiger partial charge in [0.1, 0.15) is 0 Å². The molecule has 0 saturated carbocycles. The fourth-order valence-electron chi connectivity index (χ4n) is 1.50. The van der Waals surface area contributed by atoms with Gasteiger partial charge in [0.05, 0.1) is 0 Å². The average molecular weight is 191 g/mol. The van der Waals surface area contributed by atoms with Gasteiger partial charge in [0.2, 0.25) is 5.95 Å². The lowest BCUT2D eigenvalue weighted by molar-refractivity contribution is 0.570. The van der Waals surface area contributed by atoms with Crippen molar-refractivity contribution < 1.29 is 0 Å². The van der Waals surface area contributed by atoms with Gasteiger partial charge < -0.3 is 4.90 Å². The summed E-state index contributed by atoms with van der Waals surface area (Å²) in [5, 5.41) is 4.29. The van der Waals surface area contributed by atoms with Gasteiger partial charge in [-0.25, -0.2) is 15.3 Å². The van der Waals surface area contributed by atoms with Crippen LogP contribution in [0.1, 0.15) is 12.5 Å². The summed E-state index contributed by atoms with van der Waals surface area (Å²) in [7, 11) is 0. The number of hydrogen-bond acceptors (Lipinski definition) is 3. The van der Waals surface area contributed by atoms with Crippen LogP contribution in [0.2, 0.25) is 0 Å². The third-order valence-corrected chi connectivity index (χ3v) is 2.44. The lowest BCUT2D eigenvalue weighted by Gasteiger charge is -2.26. The predicted molar refractivity (Wildman–Crippen MR) is 55.5 cm³/mol. The van der Waals surface area contributed by atoms with Crippen molar-refractivity contribution in [3.8, 4) is 0 Å². The summed E-state index contributed by atoms with van der Waals surface area (Å²) in [4.78, 5) is 10.9. The molecule has 1 radical (unpaired) electrons. The first-order valence-corrected chi connectivity index (χ1v) is 5.09. The Morgan fingerprint density at radius 2 is 1.86 bits per heavy atom. The molecule has 0 atom stereocenters. The molecule has 0 amide bonds. The predicted octanol–water partition coefficient (Wildman–Crippen LogP) is 0.463. The first-order chi connectivity index (χ1) is 6.90. The zero-order chi connectivity index (χ0) is 9.80. The van der Waals surface area contributed by atoms with Gasteiger partial charge in [-0.2, -0.15) is 0 Å². The summed E-state index contributed by atoms with van der Waals surface area (Å²) < 4.78 is 0. The number of aromatic nitrogens is 2. The second-order valence-electron chi connectivity index (χ2n) is 3.40. The summed E-state index contributed by atoms with van der Waals surface area (Å²) in [5.41, 5.74) is 1.19. The van der Waals surface area contributed by atoms with Crippen LogP contribution in [-0.2, 0) is 6.42 Å². The Kier molecular flexibility index (Phi) is 2.93. The first kappa shape index (κ1) is 9.40. The molecule has 0 aromatic carbocycles. The Hall–Kier alpha value is -1.16. The van der Waals surface area contributed by atoms with Gasteiger partial charge in [-0.15, -0.1) is 0 Å². The Bertz CT molecular complexity index is 277. The molecule has 0 unspecified atom stereocenters. The van der Waals surface area contributed by atoms with E-state index in [-0.39, 0.29) is 0 Å². The summed E-state index contributed by atoms with van der Waals surface area (Å²) in [6, 6.07) is 0. The van der Waals surface area contributed by atoms with Crippen LogP contribution in [0.15, 0.2) is 12.4 Å². The zero-order valence-electron chi connectivity index (χ0n) is 8.48. The van der Waals surface area contributed by atoms with Gasteiger partial charge in [-0.1, -0.05) is 6.92 Å². The summed E-state index contributed by atoms with van der Waals surface area (Å²) >= 11 is 0. The maximum Gasteiger partial charge on any atom is 0.225 e. The Morgan fingerprint density at radius 1 is 1.21 bits per heavy atom. The molecule has 1 aliphatic rings. The van der Waals surface area contributed by atoms with E-state index in [4.69, 9.17) is 0 Å². The third kappa shape index (κ3) is 2.01. The molecule has 14 heavy (non-hydrogen) atoms. The fourth-order valence-corrected chi connectivity index (χ4v) is 1.50. The minimum atomic E-state index is 0.845. The molecule has 4 heteroatoms. The van der Waals surface area contributed by atoms with E-state index in [1.165, 1.54) is 5.56 Å². The van der Waals surface area contributed by atoms with Crippen molar-refractivity contribution in [2.24, 2.45) is 0 Å². The highest BCUT2D eigenvalue weighted by atomic mass is 15.3. The molecule has 2 heterocycles. The van der Waals surface area contributed by atoms with E-state index in [0.717, 1.165) is 38.5 Å². The van der Waals surface area contributed by atoms with Crippen LogP contribution in [0, 0.1) is 0 Å². The van der Waals surface area contributed by atoms with E-state index in [2.05, 4.69) is 27.1 Å². The molecule has 75 valence electrons. The summed E-state index contributed by atoms with van der Waals surface area (Å²) in [6.45, 7) is 5.81. The smallest absolute Gasteiger partial charge is 0.225 e. The van der Waals surface area contributed by atoms with Gasteiger partial charge in [-0.3, -0.25) is 0 Å². The van der Waals surface area contributed by atoms with Crippen LogP contribution in [0.3, 0.4) is 0 Å². The highest BCUT2D eigenvalue weighted by Crippen LogP contribution is 2.08. The number of aryl methyl sites for hydroxylation is 1. The van der Waals surface area contributed by atoms with Crippen molar-refractivity contribution in [2.45, 2.75) is 13.3 Å². The number of piperazine rings is 1. The normalized spacial score (nSPS) is 17.1. The molecule has 0 spiro atoms. The molecule has 0 aliphatic carbocycles. The van der Waals surface area contributed by atoms with E-state index in [9.17, 15) is 0 Å². The van der Waals surface area contributed by atoms with Crippen molar-refractivity contribution in [3.05, 3.63) is 18.0 Å². The molecule has 2 rings (SSSR count). The van der Waals surface area contributed by atoms with Gasteiger partial charge in [0.25, 0.3) is 0 Å². The van der Waals surface area contributed by atoms with Crippen molar-refractivity contribution in [1.82, 2.24) is 15.3 Å². The lowest BCUT2D eigenvalue weighted by Crippen LogP contribution is -2.41. The number of hydrogen-bond donors (Lipinski definition) is 0. The fraction of sp³-hybridized carbons (Fsp3) is 0.600. The lowest BCUT2D eigenvalue weighted by atomic mass is 10.3.